The third kappa shape index (κ3) is 3.77. The second kappa shape index (κ2) is 6.45. The lowest BCUT2D eigenvalue weighted by molar-refractivity contribution is 0.216. The van der Waals surface area contributed by atoms with Crippen molar-refractivity contribution in [1.82, 2.24) is 0 Å². The molecule has 18 heavy (non-hydrogen) atoms. The molecule has 0 aliphatic carbocycles. The molecule has 0 saturated carbocycles. The SMILES string of the molecule is Cc1ccc(Br)cc1OCCOc1ccccc1. The second-order valence-electron chi connectivity index (χ2n) is 3.92. The average molecular weight is 307 g/mol. The molecule has 0 amide bonds. The number of rotatable bonds is 5. The van der Waals surface area contributed by atoms with Crippen molar-refractivity contribution in [2.24, 2.45) is 0 Å². The molecule has 0 aromatic heterocycles. The molecule has 2 aromatic rings. The van der Waals surface area contributed by atoms with Gasteiger partial charge in [0, 0.05) is 4.47 Å². The van der Waals surface area contributed by atoms with Gasteiger partial charge in [-0.05, 0) is 36.8 Å². The Morgan fingerprint density at radius 2 is 1.67 bits per heavy atom. The maximum atomic E-state index is 5.68. The highest BCUT2D eigenvalue weighted by Gasteiger charge is 2.00. The molecular weight excluding hydrogens is 292 g/mol. The number of halogens is 1. The fourth-order valence-electron chi connectivity index (χ4n) is 1.56. The van der Waals surface area contributed by atoms with E-state index in [2.05, 4.69) is 15.9 Å². The molecule has 0 N–H and O–H groups in total. The Morgan fingerprint density at radius 3 is 2.44 bits per heavy atom. The van der Waals surface area contributed by atoms with Crippen LogP contribution in [0, 0.1) is 6.92 Å². The van der Waals surface area contributed by atoms with Crippen LogP contribution in [0.5, 0.6) is 11.5 Å². The minimum absolute atomic E-state index is 0.534. The summed E-state index contributed by atoms with van der Waals surface area (Å²) in [7, 11) is 0. The molecule has 0 aliphatic rings. The summed E-state index contributed by atoms with van der Waals surface area (Å²) in [4.78, 5) is 0. The lowest BCUT2D eigenvalue weighted by Gasteiger charge is -2.10. The zero-order chi connectivity index (χ0) is 12.8. The van der Waals surface area contributed by atoms with Crippen molar-refractivity contribution >= 4 is 15.9 Å². The normalized spacial score (nSPS) is 10.1. The predicted molar refractivity (Wildman–Crippen MR) is 76.3 cm³/mol. The van der Waals surface area contributed by atoms with E-state index in [-0.39, 0.29) is 0 Å². The van der Waals surface area contributed by atoms with Crippen LogP contribution >= 0.6 is 15.9 Å². The van der Waals surface area contributed by atoms with Gasteiger partial charge < -0.3 is 9.47 Å². The summed E-state index contributed by atoms with van der Waals surface area (Å²) < 4.78 is 12.3. The quantitative estimate of drug-likeness (QED) is 0.770. The molecule has 94 valence electrons. The first kappa shape index (κ1) is 13.0. The highest BCUT2D eigenvalue weighted by atomic mass is 79.9. The molecule has 0 saturated heterocycles. The second-order valence-corrected chi connectivity index (χ2v) is 4.84. The van der Waals surface area contributed by atoms with Crippen LogP contribution in [-0.4, -0.2) is 13.2 Å². The Labute approximate surface area is 116 Å². The lowest BCUT2D eigenvalue weighted by atomic mass is 10.2. The van der Waals surface area contributed by atoms with Crippen LogP contribution < -0.4 is 9.47 Å². The van der Waals surface area contributed by atoms with Gasteiger partial charge in [-0.15, -0.1) is 0 Å². The number of ether oxygens (including phenoxy) is 2. The van der Waals surface area contributed by atoms with Crippen molar-refractivity contribution in [2.75, 3.05) is 13.2 Å². The number of hydrogen-bond acceptors (Lipinski definition) is 2. The maximum Gasteiger partial charge on any atom is 0.123 e. The third-order valence-electron chi connectivity index (χ3n) is 2.50. The van der Waals surface area contributed by atoms with E-state index >= 15 is 0 Å². The summed E-state index contributed by atoms with van der Waals surface area (Å²) in [6.07, 6.45) is 0. The topological polar surface area (TPSA) is 18.5 Å². The van der Waals surface area contributed by atoms with Crippen LogP contribution in [0.2, 0.25) is 0 Å². The zero-order valence-corrected chi connectivity index (χ0v) is 11.8. The molecule has 0 atom stereocenters. The minimum atomic E-state index is 0.534. The minimum Gasteiger partial charge on any atom is -0.490 e. The van der Waals surface area contributed by atoms with Crippen LogP contribution in [0.15, 0.2) is 53.0 Å². The van der Waals surface area contributed by atoms with Crippen LogP contribution in [-0.2, 0) is 0 Å². The van der Waals surface area contributed by atoms with E-state index in [1.54, 1.807) is 0 Å². The van der Waals surface area contributed by atoms with E-state index in [4.69, 9.17) is 9.47 Å². The van der Waals surface area contributed by atoms with Gasteiger partial charge in [-0.1, -0.05) is 40.2 Å². The summed E-state index contributed by atoms with van der Waals surface area (Å²) in [5.41, 5.74) is 1.12. The van der Waals surface area contributed by atoms with Crippen LogP contribution in [0.3, 0.4) is 0 Å². The average Bonchev–Trinajstić information content (AvgIpc) is 2.40. The number of benzene rings is 2. The Bertz CT molecular complexity index is 497. The van der Waals surface area contributed by atoms with Crippen molar-refractivity contribution < 1.29 is 9.47 Å². The molecular formula is C15H15BrO2. The highest BCUT2D eigenvalue weighted by molar-refractivity contribution is 9.10. The molecule has 3 heteroatoms. The maximum absolute atomic E-state index is 5.68. The van der Waals surface area contributed by atoms with E-state index in [1.807, 2.05) is 55.5 Å². The number of hydrogen-bond donors (Lipinski definition) is 0. The van der Waals surface area contributed by atoms with Crippen LogP contribution in [0.4, 0.5) is 0 Å². The first-order valence-corrected chi connectivity index (χ1v) is 6.62. The molecule has 0 spiro atoms. The van der Waals surface area contributed by atoms with Gasteiger partial charge in [-0.3, -0.25) is 0 Å². The fourth-order valence-corrected chi connectivity index (χ4v) is 1.90. The number of aryl methyl sites for hydroxylation is 1. The standard InChI is InChI=1S/C15H15BrO2/c1-12-7-8-13(16)11-15(12)18-10-9-17-14-5-3-2-4-6-14/h2-8,11H,9-10H2,1H3. The van der Waals surface area contributed by atoms with Gasteiger partial charge in [0.25, 0.3) is 0 Å². The van der Waals surface area contributed by atoms with Gasteiger partial charge in [0.05, 0.1) is 0 Å². The molecule has 0 heterocycles. The zero-order valence-electron chi connectivity index (χ0n) is 10.2. The lowest BCUT2D eigenvalue weighted by Crippen LogP contribution is -2.09. The van der Waals surface area contributed by atoms with Crippen LogP contribution in [0.25, 0.3) is 0 Å². The van der Waals surface area contributed by atoms with Gasteiger partial charge in [0.1, 0.15) is 24.7 Å². The molecule has 0 aliphatic heterocycles. The van der Waals surface area contributed by atoms with Crippen molar-refractivity contribution in [3.63, 3.8) is 0 Å². The molecule has 0 bridgehead atoms. The molecule has 2 nitrogen and oxygen atoms in total. The Morgan fingerprint density at radius 1 is 0.944 bits per heavy atom. The van der Waals surface area contributed by atoms with Crippen molar-refractivity contribution in [3.8, 4) is 11.5 Å². The number of para-hydroxylation sites is 1. The van der Waals surface area contributed by atoms with E-state index in [0.29, 0.717) is 13.2 Å². The molecule has 0 radical (unpaired) electrons. The summed E-state index contributed by atoms with van der Waals surface area (Å²) in [5.74, 6) is 1.76. The molecule has 0 fully saturated rings. The molecule has 2 rings (SSSR count). The summed E-state index contributed by atoms with van der Waals surface area (Å²) in [6.45, 7) is 3.10. The largest absolute Gasteiger partial charge is 0.490 e. The van der Waals surface area contributed by atoms with Crippen molar-refractivity contribution in [2.45, 2.75) is 6.92 Å². The van der Waals surface area contributed by atoms with E-state index in [0.717, 1.165) is 21.5 Å². The summed E-state index contributed by atoms with van der Waals surface area (Å²) in [5, 5.41) is 0. The van der Waals surface area contributed by atoms with Gasteiger partial charge in [-0.2, -0.15) is 0 Å². The first-order chi connectivity index (χ1) is 8.75. The van der Waals surface area contributed by atoms with Gasteiger partial charge in [-0.25, -0.2) is 0 Å². The van der Waals surface area contributed by atoms with E-state index in [9.17, 15) is 0 Å². The summed E-state index contributed by atoms with van der Waals surface area (Å²) in [6, 6.07) is 15.7. The van der Waals surface area contributed by atoms with E-state index < -0.39 is 0 Å². The highest BCUT2D eigenvalue weighted by Crippen LogP contribution is 2.22. The molecule has 2 aromatic carbocycles. The van der Waals surface area contributed by atoms with Gasteiger partial charge in [0.15, 0.2) is 0 Å². The van der Waals surface area contributed by atoms with Crippen LogP contribution in [0.1, 0.15) is 5.56 Å². The van der Waals surface area contributed by atoms with Crippen molar-refractivity contribution in [1.29, 1.82) is 0 Å². The smallest absolute Gasteiger partial charge is 0.123 e. The van der Waals surface area contributed by atoms with E-state index in [1.165, 1.54) is 0 Å². The first-order valence-electron chi connectivity index (χ1n) is 5.82. The molecule has 0 unspecified atom stereocenters. The Balaban J connectivity index is 1.80. The third-order valence-corrected chi connectivity index (χ3v) is 3.00. The van der Waals surface area contributed by atoms with Crippen molar-refractivity contribution in [3.05, 3.63) is 58.6 Å². The fraction of sp³-hybridized carbons (Fsp3) is 0.200. The van der Waals surface area contributed by atoms with Gasteiger partial charge in [0.2, 0.25) is 0 Å². The van der Waals surface area contributed by atoms with Gasteiger partial charge >= 0.3 is 0 Å². The monoisotopic (exact) mass is 306 g/mol. The Hall–Kier alpha value is -1.48. The Kier molecular flexibility index (Phi) is 4.65. The predicted octanol–water partition coefficient (Wildman–Crippen LogP) is 4.22. The summed E-state index contributed by atoms with van der Waals surface area (Å²) >= 11 is 3.43.